The van der Waals surface area contributed by atoms with Gasteiger partial charge in [-0.15, -0.1) is 0 Å². The molecule has 1 atom stereocenters. The van der Waals surface area contributed by atoms with Crippen molar-refractivity contribution in [3.8, 4) is 0 Å². The number of rotatable bonds is 7. The number of anilines is 1. The number of carbonyl (C=O) groups is 1. The molecule has 2 N–H and O–H groups in total. The second kappa shape index (κ2) is 8.47. The van der Waals surface area contributed by atoms with Crippen LogP contribution in [0.2, 0.25) is 0 Å². The molecule has 0 aliphatic carbocycles. The molecule has 2 rings (SSSR count). The number of sulfonamides is 1. The molecule has 2 aromatic rings. The van der Waals surface area contributed by atoms with E-state index in [1.165, 1.54) is 24.3 Å². The van der Waals surface area contributed by atoms with Crippen molar-refractivity contribution < 1.29 is 13.2 Å². The highest BCUT2D eigenvalue weighted by Gasteiger charge is 2.17. The van der Waals surface area contributed by atoms with E-state index in [1.807, 2.05) is 24.3 Å². The van der Waals surface area contributed by atoms with Gasteiger partial charge < -0.3 is 5.32 Å². The van der Waals surface area contributed by atoms with E-state index < -0.39 is 10.0 Å². The molecule has 2 aromatic carbocycles. The lowest BCUT2D eigenvalue weighted by molar-refractivity contribution is 0.102. The topological polar surface area (TPSA) is 75.3 Å². The summed E-state index contributed by atoms with van der Waals surface area (Å²) in [5.74, 6) is 0.0719. The van der Waals surface area contributed by atoms with E-state index in [4.69, 9.17) is 0 Å². The standard InChI is InChI=1S/C20H26N2O3S/c1-5-15(4)18-8-6-7-9-19(18)21-20(23)16-10-12-17(13-11-16)26(24,25)22-14(2)3/h6-15,22H,5H2,1-4H3,(H,21,23)/t15-/m0/s1. The third kappa shape index (κ3) is 4.93. The van der Waals surface area contributed by atoms with Crippen LogP contribution < -0.4 is 10.0 Å². The minimum Gasteiger partial charge on any atom is -0.322 e. The Hall–Kier alpha value is -2.18. The first-order chi connectivity index (χ1) is 12.2. The van der Waals surface area contributed by atoms with Crippen molar-refractivity contribution in [3.05, 3.63) is 59.7 Å². The lowest BCUT2D eigenvalue weighted by atomic mass is 9.97. The van der Waals surface area contributed by atoms with Gasteiger partial charge in [0.1, 0.15) is 0 Å². The van der Waals surface area contributed by atoms with E-state index in [2.05, 4.69) is 23.9 Å². The van der Waals surface area contributed by atoms with Crippen molar-refractivity contribution in [3.63, 3.8) is 0 Å². The van der Waals surface area contributed by atoms with Crippen LogP contribution in [0.25, 0.3) is 0 Å². The summed E-state index contributed by atoms with van der Waals surface area (Å²) in [5, 5.41) is 2.93. The molecule has 0 aliphatic rings. The molecule has 0 heterocycles. The number of hydrogen-bond donors (Lipinski definition) is 2. The van der Waals surface area contributed by atoms with Gasteiger partial charge in [0, 0.05) is 17.3 Å². The van der Waals surface area contributed by atoms with Gasteiger partial charge in [-0.05, 0) is 62.1 Å². The van der Waals surface area contributed by atoms with Crippen molar-refractivity contribution in [2.75, 3.05) is 5.32 Å². The highest BCUT2D eigenvalue weighted by molar-refractivity contribution is 7.89. The van der Waals surface area contributed by atoms with Crippen LogP contribution in [-0.2, 0) is 10.0 Å². The van der Waals surface area contributed by atoms with Gasteiger partial charge in [0.2, 0.25) is 10.0 Å². The monoisotopic (exact) mass is 374 g/mol. The minimum atomic E-state index is -3.56. The molecule has 0 spiro atoms. The Bertz CT molecular complexity index is 859. The smallest absolute Gasteiger partial charge is 0.255 e. The van der Waals surface area contributed by atoms with Gasteiger partial charge in [0.25, 0.3) is 5.91 Å². The van der Waals surface area contributed by atoms with Gasteiger partial charge in [0.15, 0.2) is 0 Å². The number of para-hydroxylation sites is 1. The fourth-order valence-corrected chi connectivity index (χ4v) is 3.87. The van der Waals surface area contributed by atoms with Crippen molar-refractivity contribution in [2.24, 2.45) is 0 Å². The summed E-state index contributed by atoms with van der Waals surface area (Å²) in [5.41, 5.74) is 2.28. The van der Waals surface area contributed by atoms with Crippen LogP contribution in [-0.4, -0.2) is 20.4 Å². The van der Waals surface area contributed by atoms with E-state index in [0.29, 0.717) is 11.5 Å². The molecule has 0 fully saturated rings. The first kappa shape index (κ1) is 20.1. The maximum Gasteiger partial charge on any atom is 0.255 e. The first-order valence-corrected chi connectivity index (χ1v) is 10.3. The van der Waals surface area contributed by atoms with Gasteiger partial charge in [-0.2, -0.15) is 0 Å². The summed E-state index contributed by atoms with van der Waals surface area (Å²) >= 11 is 0. The third-order valence-electron chi connectivity index (χ3n) is 4.17. The quantitative estimate of drug-likeness (QED) is 0.765. The SMILES string of the molecule is CC[C@H](C)c1ccccc1NC(=O)c1ccc(S(=O)(=O)NC(C)C)cc1. The highest BCUT2D eigenvalue weighted by Crippen LogP contribution is 2.27. The van der Waals surface area contributed by atoms with Crippen LogP contribution in [0.4, 0.5) is 5.69 Å². The van der Waals surface area contributed by atoms with E-state index in [-0.39, 0.29) is 16.8 Å². The van der Waals surface area contributed by atoms with E-state index in [9.17, 15) is 13.2 Å². The van der Waals surface area contributed by atoms with Gasteiger partial charge in [-0.1, -0.05) is 32.0 Å². The summed E-state index contributed by atoms with van der Waals surface area (Å²) < 4.78 is 26.8. The summed E-state index contributed by atoms with van der Waals surface area (Å²) in [6, 6.07) is 13.5. The predicted octanol–water partition coefficient (Wildman–Crippen LogP) is 4.14. The molecule has 0 bridgehead atoms. The molecule has 140 valence electrons. The lowest BCUT2D eigenvalue weighted by Crippen LogP contribution is -2.30. The molecule has 5 nitrogen and oxygen atoms in total. The Morgan fingerprint density at radius 2 is 1.62 bits per heavy atom. The van der Waals surface area contributed by atoms with E-state index in [1.54, 1.807) is 13.8 Å². The molecule has 1 amide bonds. The molecule has 26 heavy (non-hydrogen) atoms. The zero-order valence-corrected chi connectivity index (χ0v) is 16.4. The number of amides is 1. The summed E-state index contributed by atoms with van der Waals surface area (Å²) in [6.07, 6.45) is 0.974. The Morgan fingerprint density at radius 3 is 2.19 bits per heavy atom. The predicted molar refractivity (Wildman–Crippen MR) is 105 cm³/mol. The molecular weight excluding hydrogens is 348 g/mol. The van der Waals surface area contributed by atoms with Gasteiger partial charge in [-0.25, -0.2) is 13.1 Å². The minimum absolute atomic E-state index is 0.141. The summed E-state index contributed by atoms with van der Waals surface area (Å²) in [7, 11) is -3.56. The molecule has 6 heteroatoms. The highest BCUT2D eigenvalue weighted by atomic mass is 32.2. The third-order valence-corrected chi connectivity index (χ3v) is 5.84. The van der Waals surface area contributed by atoms with Crippen LogP contribution in [0, 0.1) is 0 Å². The van der Waals surface area contributed by atoms with Crippen LogP contribution >= 0.6 is 0 Å². The van der Waals surface area contributed by atoms with Gasteiger partial charge in [-0.3, -0.25) is 4.79 Å². The summed E-state index contributed by atoms with van der Waals surface area (Å²) in [6.45, 7) is 7.74. The van der Waals surface area contributed by atoms with Crippen LogP contribution in [0.15, 0.2) is 53.4 Å². The summed E-state index contributed by atoms with van der Waals surface area (Å²) in [4.78, 5) is 12.7. The van der Waals surface area contributed by atoms with Crippen LogP contribution in [0.5, 0.6) is 0 Å². The molecular formula is C20H26N2O3S. The van der Waals surface area contributed by atoms with Crippen LogP contribution in [0.1, 0.15) is 56.0 Å². The van der Waals surface area contributed by atoms with Crippen molar-refractivity contribution in [2.45, 2.75) is 51.0 Å². The number of benzene rings is 2. The normalized spacial score (nSPS) is 12.8. The van der Waals surface area contributed by atoms with Gasteiger partial charge in [0.05, 0.1) is 4.90 Å². The molecule has 0 radical (unpaired) electrons. The van der Waals surface area contributed by atoms with Crippen molar-refractivity contribution in [1.29, 1.82) is 0 Å². The number of nitrogens with one attached hydrogen (secondary N) is 2. The maximum atomic E-state index is 12.5. The van der Waals surface area contributed by atoms with E-state index in [0.717, 1.165) is 17.7 Å². The van der Waals surface area contributed by atoms with Crippen molar-refractivity contribution in [1.82, 2.24) is 4.72 Å². The Kier molecular flexibility index (Phi) is 6.56. The number of hydrogen-bond acceptors (Lipinski definition) is 3. The largest absolute Gasteiger partial charge is 0.322 e. The molecule has 0 aliphatic heterocycles. The fourth-order valence-electron chi connectivity index (χ4n) is 2.62. The first-order valence-electron chi connectivity index (χ1n) is 8.77. The second-order valence-electron chi connectivity index (χ2n) is 6.65. The average molecular weight is 375 g/mol. The molecule has 0 saturated heterocycles. The van der Waals surface area contributed by atoms with Crippen LogP contribution in [0.3, 0.4) is 0 Å². The fraction of sp³-hybridized carbons (Fsp3) is 0.350. The Balaban J connectivity index is 2.19. The molecule has 0 saturated carbocycles. The second-order valence-corrected chi connectivity index (χ2v) is 8.37. The Labute approximate surface area is 155 Å². The zero-order chi connectivity index (χ0) is 19.3. The zero-order valence-electron chi connectivity index (χ0n) is 15.6. The van der Waals surface area contributed by atoms with Gasteiger partial charge >= 0.3 is 0 Å². The van der Waals surface area contributed by atoms with E-state index >= 15 is 0 Å². The number of carbonyl (C=O) groups excluding carboxylic acids is 1. The Morgan fingerprint density at radius 1 is 1.00 bits per heavy atom. The van der Waals surface area contributed by atoms with Crippen molar-refractivity contribution >= 4 is 21.6 Å². The lowest BCUT2D eigenvalue weighted by Gasteiger charge is -2.16. The molecule has 0 aromatic heterocycles. The average Bonchev–Trinajstić information content (AvgIpc) is 2.60. The molecule has 0 unspecified atom stereocenters. The maximum absolute atomic E-state index is 12.5.